The fourth-order valence-electron chi connectivity index (χ4n) is 2.30. The fraction of sp³-hybridized carbons (Fsp3) is 0.278. The zero-order valence-corrected chi connectivity index (χ0v) is 14.7. The number of benzene rings is 2. The van der Waals surface area contributed by atoms with Gasteiger partial charge in [-0.1, -0.05) is 18.2 Å². The normalized spacial score (nSPS) is 11.8. The summed E-state index contributed by atoms with van der Waals surface area (Å²) in [6, 6.07) is 11.9. The highest BCUT2D eigenvalue weighted by Crippen LogP contribution is 2.28. The lowest BCUT2D eigenvalue weighted by Crippen LogP contribution is -2.26. The minimum Gasteiger partial charge on any atom is -0.496 e. The summed E-state index contributed by atoms with van der Waals surface area (Å²) in [5, 5.41) is 2.95. The van der Waals surface area contributed by atoms with Crippen LogP contribution in [0.5, 0.6) is 5.75 Å². The minimum absolute atomic E-state index is 0.0614. The third-order valence-electron chi connectivity index (χ3n) is 3.58. The first-order valence-corrected chi connectivity index (χ1v) is 8.16. The summed E-state index contributed by atoms with van der Waals surface area (Å²) >= 11 is 3.44. The lowest BCUT2D eigenvalue weighted by atomic mass is 10.1. The number of aryl methyl sites for hydroxylation is 1. The van der Waals surface area contributed by atoms with Crippen LogP contribution in [-0.2, 0) is 11.2 Å². The summed E-state index contributed by atoms with van der Waals surface area (Å²) in [6.07, 6.45) is 0.841. The van der Waals surface area contributed by atoms with Crippen LogP contribution in [0.25, 0.3) is 0 Å². The number of amides is 1. The van der Waals surface area contributed by atoms with Crippen molar-refractivity contribution in [3.63, 3.8) is 0 Å². The standard InChI is InChI=1S/C18H19BrFNO2/c1-12(14-7-8-17(23-2)16(19)11-14)21-18(22)9-6-13-4-3-5-15(20)10-13/h3-5,7-8,10-12H,6,9H2,1-2H3,(H,21,22). The van der Waals surface area contributed by atoms with Crippen molar-refractivity contribution in [2.45, 2.75) is 25.8 Å². The van der Waals surface area contributed by atoms with Gasteiger partial charge in [-0.2, -0.15) is 0 Å². The van der Waals surface area contributed by atoms with Gasteiger partial charge >= 0.3 is 0 Å². The predicted octanol–water partition coefficient (Wildman–Crippen LogP) is 4.41. The molecule has 1 atom stereocenters. The largest absolute Gasteiger partial charge is 0.496 e. The van der Waals surface area contributed by atoms with Gasteiger partial charge in [0, 0.05) is 6.42 Å². The van der Waals surface area contributed by atoms with E-state index in [1.54, 1.807) is 13.2 Å². The topological polar surface area (TPSA) is 38.3 Å². The molecule has 0 aliphatic rings. The van der Waals surface area contributed by atoms with Gasteiger partial charge in [-0.05, 0) is 64.7 Å². The molecule has 2 aromatic rings. The Morgan fingerprint density at radius 3 is 2.74 bits per heavy atom. The van der Waals surface area contributed by atoms with Crippen LogP contribution in [0.15, 0.2) is 46.9 Å². The van der Waals surface area contributed by atoms with Crippen molar-refractivity contribution < 1.29 is 13.9 Å². The molecule has 3 nitrogen and oxygen atoms in total. The van der Waals surface area contributed by atoms with E-state index >= 15 is 0 Å². The number of carbonyl (C=O) groups excluding carboxylic acids is 1. The molecule has 2 aromatic carbocycles. The van der Waals surface area contributed by atoms with E-state index in [2.05, 4.69) is 21.2 Å². The van der Waals surface area contributed by atoms with Crippen LogP contribution in [0, 0.1) is 5.82 Å². The van der Waals surface area contributed by atoms with Crippen LogP contribution >= 0.6 is 15.9 Å². The number of methoxy groups -OCH3 is 1. The quantitative estimate of drug-likeness (QED) is 0.807. The lowest BCUT2D eigenvalue weighted by Gasteiger charge is -2.15. The van der Waals surface area contributed by atoms with Crippen LogP contribution in [0.3, 0.4) is 0 Å². The second-order valence-corrected chi connectivity index (χ2v) is 6.17. The second kappa shape index (κ2) is 8.11. The number of hydrogen-bond donors (Lipinski definition) is 1. The average Bonchev–Trinajstić information content (AvgIpc) is 2.53. The van der Waals surface area contributed by atoms with Crippen LogP contribution in [0.2, 0.25) is 0 Å². The van der Waals surface area contributed by atoms with E-state index in [0.29, 0.717) is 12.8 Å². The maximum atomic E-state index is 13.1. The van der Waals surface area contributed by atoms with E-state index in [1.165, 1.54) is 12.1 Å². The number of halogens is 2. The number of hydrogen-bond acceptors (Lipinski definition) is 2. The molecule has 0 spiro atoms. The van der Waals surface area contributed by atoms with Gasteiger partial charge in [-0.3, -0.25) is 4.79 Å². The number of carbonyl (C=O) groups is 1. The molecule has 1 amide bonds. The van der Waals surface area contributed by atoms with Gasteiger partial charge in [0.1, 0.15) is 11.6 Å². The summed E-state index contributed by atoms with van der Waals surface area (Å²) in [5.74, 6) is 0.409. The Balaban J connectivity index is 1.90. The van der Waals surface area contributed by atoms with Crippen LogP contribution in [0.4, 0.5) is 4.39 Å². The zero-order chi connectivity index (χ0) is 16.8. The van der Waals surface area contributed by atoms with E-state index in [0.717, 1.165) is 21.3 Å². The summed E-state index contributed by atoms with van der Waals surface area (Å²) in [7, 11) is 1.61. The first kappa shape index (κ1) is 17.5. The maximum absolute atomic E-state index is 13.1. The molecule has 0 aromatic heterocycles. The van der Waals surface area contributed by atoms with Crippen molar-refractivity contribution in [1.29, 1.82) is 0 Å². The van der Waals surface area contributed by atoms with Gasteiger partial charge in [-0.25, -0.2) is 4.39 Å². The third kappa shape index (κ3) is 5.06. The van der Waals surface area contributed by atoms with Gasteiger partial charge < -0.3 is 10.1 Å². The van der Waals surface area contributed by atoms with Gasteiger partial charge in [0.05, 0.1) is 17.6 Å². The summed E-state index contributed by atoms with van der Waals surface area (Å²) in [6.45, 7) is 1.92. The minimum atomic E-state index is -0.278. The molecule has 2 rings (SSSR count). The molecular formula is C18H19BrFNO2. The zero-order valence-electron chi connectivity index (χ0n) is 13.1. The van der Waals surface area contributed by atoms with Crippen LogP contribution in [0.1, 0.15) is 30.5 Å². The Morgan fingerprint density at radius 1 is 1.30 bits per heavy atom. The first-order valence-electron chi connectivity index (χ1n) is 7.37. The van der Waals surface area contributed by atoms with Crippen LogP contribution in [-0.4, -0.2) is 13.0 Å². The average molecular weight is 380 g/mol. The van der Waals surface area contributed by atoms with Crippen molar-refractivity contribution in [2.24, 2.45) is 0 Å². The number of ether oxygens (including phenoxy) is 1. The number of rotatable bonds is 6. The molecule has 0 heterocycles. The lowest BCUT2D eigenvalue weighted by molar-refractivity contribution is -0.121. The molecule has 0 aliphatic carbocycles. The van der Waals surface area contributed by atoms with Crippen LogP contribution < -0.4 is 10.1 Å². The van der Waals surface area contributed by atoms with Crippen molar-refractivity contribution in [3.05, 3.63) is 63.9 Å². The van der Waals surface area contributed by atoms with Gasteiger partial charge in [-0.15, -0.1) is 0 Å². The fourth-order valence-corrected chi connectivity index (χ4v) is 2.86. The summed E-state index contributed by atoms with van der Waals surface area (Å²) in [5.41, 5.74) is 1.80. The van der Waals surface area contributed by atoms with E-state index in [1.807, 2.05) is 31.2 Å². The smallest absolute Gasteiger partial charge is 0.220 e. The Morgan fingerprint density at radius 2 is 2.09 bits per heavy atom. The first-order chi connectivity index (χ1) is 11.0. The molecule has 5 heteroatoms. The Kier molecular flexibility index (Phi) is 6.16. The van der Waals surface area contributed by atoms with Gasteiger partial charge in [0.2, 0.25) is 5.91 Å². The second-order valence-electron chi connectivity index (χ2n) is 5.31. The predicted molar refractivity (Wildman–Crippen MR) is 92.0 cm³/mol. The molecule has 0 saturated heterocycles. The van der Waals surface area contributed by atoms with E-state index in [4.69, 9.17) is 4.74 Å². The van der Waals surface area contributed by atoms with E-state index in [-0.39, 0.29) is 17.8 Å². The molecule has 0 bridgehead atoms. The van der Waals surface area contributed by atoms with E-state index < -0.39 is 0 Å². The van der Waals surface area contributed by atoms with E-state index in [9.17, 15) is 9.18 Å². The highest BCUT2D eigenvalue weighted by molar-refractivity contribution is 9.10. The molecule has 0 radical (unpaired) electrons. The van der Waals surface area contributed by atoms with Gasteiger partial charge in [0.15, 0.2) is 0 Å². The molecule has 23 heavy (non-hydrogen) atoms. The third-order valence-corrected chi connectivity index (χ3v) is 4.20. The molecule has 0 saturated carbocycles. The SMILES string of the molecule is COc1ccc(C(C)NC(=O)CCc2cccc(F)c2)cc1Br. The van der Waals surface area contributed by atoms with Gasteiger partial charge in [0.25, 0.3) is 0 Å². The summed E-state index contributed by atoms with van der Waals surface area (Å²) in [4.78, 5) is 12.1. The highest BCUT2D eigenvalue weighted by Gasteiger charge is 2.11. The maximum Gasteiger partial charge on any atom is 0.220 e. The Bertz CT molecular complexity index is 690. The van der Waals surface area contributed by atoms with Crippen molar-refractivity contribution in [2.75, 3.05) is 7.11 Å². The Labute approximate surface area is 144 Å². The Hall–Kier alpha value is -1.88. The molecule has 1 unspecified atom stereocenters. The highest BCUT2D eigenvalue weighted by atomic mass is 79.9. The molecule has 0 aliphatic heterocycles. The summed E-state index contributed by atoms with van der Waals surface area (Å²) < 4.78 is 19.1. The van der Waals surface area contributed by atoms with Crippen molar-refractivity contribution >= 4 is 21.8 Å². The van der Waals surface area contributed by atoms with Crippen molar-refractivity contribution in [3.8, 4) is 5.75 Å². The van der Waals surface area contributed by atoms with Crippen molar-refractivity contribution in [1.82, 2.24) is 5.32 Å². The number of nitrogens with one attached hydrogen (secondary N) is 1. The molecule has 122 valence electrons. The molecular weight excluding hydrogens is 361 g/mol. The monoisotopic (exact) mass is 379 g/mol. The molecule has 1 N–H and O–H groups in total. The molecule has 0 fully saturated rings.